The Morgan fingerprint density at radius 3 is 2.63 bits per heavy atom. The number of hydrogen-bond acceptors (Lipinski definition) is 2. The van der Waals surface area contributed by atoms with Crippen LogP contribution < -0.4 is 5.43 Å². The largest absolute Gasteiger partial charge is 0.463 e. The van der Waals surface area contributed by atoms with Gasteiger partial charge >= 0.3 is 0 Å². The van der Waals surface area contributed by atoms with Crippen molar-refractivity contribution in [3.8, 4) is 11.1 Å². The van der Waals surface area contributed by atoms with Crippen LogP contribution in [0.5, 0.6) is 0 Å². The van der Waals surface area contributed by atoms with E-state index in [-0.39, 0.29) is 5.43 Å². The summed E-state index contributed by atoms with van der Waals surface area (Å²) in [5.41, 5.74) is 2.78. The second-order valence-electron chi connectivity index (χ2n) is 4.46. The maximum Gasteiger partial charge on any atom is 0.200 e. The molecule has 0 unspecified atom stereocenters. The van der Waals surface area contributed by atoms with E-state index in [1.165, 1.54) is 6.26 Å². The summed E-state index contributed by atoms with van der Waals surface area (Å²) < 4.78 is 5.56. The average Bonchev–Trinajstić information content (AvgIpc) is 2.40. The Labute approximate surface area is 115 Å². The minimum atomic E-state index is -0.0608. The molecule has 19 heavy (non-hydrogen) atoms. The highest BCUT2D eigenvalue weighted by Crippen LogP contribution is 2.26. The highest BCUT2D eigenvalue weighted by molar-refractivity contribution is 6.33. The molecular weight excluding hydrogens is 260 g/mol. The molecule has 0 aliphatic rings. The normalized spacial score (nSPS) is 10.8. The standard InChI is InChI=1S/C16H11ClO2/c1-10-6-7-12-15(8-10)19-9-13(16(12)18)11-4-2-3-5-14(11)17/h2-9H,1H3. The first kappa shape index (κ1) is 12.0. The zero-order valence-corrected chi connectivity index (χ0v) is 11.1. The first-order valence-corrected chi connectivity index (χ1v) is 6.31. The van der Waals surface area contributed by atoms with Crippen molar-refractivity contribution in [1.29, 1.82) is 0 Å². The van der Waals surface area contributed by atoms with Crippen molar-refractivity contribution in [3.05, 3.63) is 69.5 Å². The third-order valence-electron chi connectivity index (χ3n) is 3.09. The molecule has 0 saturated heterocycles. The Morgan fingerprint density at radius 1 is 1.05 bits per heavy atom. The summed E-state index contributed by atoms with van der Waals surface area (Å²) >= 11 is 6.13. The van der Waals surface area contributed by atoms with Crippen molar-refractivity contribution >= 4 is 22.6 Å². The van der Waals surface area contributed by atoms with Gasteiger partial charge in [-0.1, -0.05) is 35.9 Å². The molecule has 1 aromatic heterocycles. The molecule has 3 rings (SSSR count). The van der Waals surface area contributed by atoms with Crippen LogP contribution in [0.25, 0.3) is 22.1 Å². The monoisotopic (exact) mass is 270 g/mol. The second kappa shape index (κ2) is 4.56. The van der Waals surface area contributed by atoms with Gasteiger partial charge in [0.1, 0.15) is 11.8 Å². The summed E-state index contributed by atoms with van der Waals surface area (Å²) in [5, 5.41) is 1.12. The van der Waals surface area contributed by atoms with Gasteiger partial charge in [0.05, 0.1) is 10.9 Å². The lowest BCUT2D eigenvalue weighted by Gasteiger charge is -2.05. The molecule has 3 aromatic rings. The Morgan fingerprint density at radius 2 is 1.84 bits per heavy atom. The summed E-state index contributed by atoms with van der Waals surface area (Å²) in [4.78, 5) is 12.5. The van der Waals surface area contributed by atoms with Crippen LogP contribution >= 0.6 is 11.6 Å². The Bertz CT molecular complexity index is 818. The maximum atomic E-state index is 12.5. The summed E-state index contributed by atoms with van der Waals surface area (Å²) in [7, 11) is 0. The molecule has 3 heteroatoms. The highest BCUT2D eigenvalue weighted by atomic mass is 35.5. The van der Waals surface area contributed by atoms with Crippen LogP contribution in [-0.2, 0) is 0 Å². The van der Waals surface area contributed by atoms with Crippen molar-refractivity contribution in [2.45, 2.75) is 6.92 Å². The molecule has 94 valence electrons. The fourth-order valence-electron chi connectivity index (χ4n) is 2.10. The number of halogens is 1. The molecule has 0 aliphatic carbocycles. The zero-order chi connectivity index (χ0) is 13.4. The minimum Gasteiger partial charge on any atom is -0.463 e. The molecule has 0 amide bonds. The van der Waals surface area contributed by atoms with Crippen LogP contribution in [0.4, 0.5) is 0 Å². The molecule has 0 aliphatic heterocycles. The van der Waals surface area contributed by atoms with E-state index in [0.717, 1.165) is 5.56 Å². The van der Waals surface area contributed by atoms with Crippen molar-refractivity contribution in [3.63, 3.8) is 0 Å². The number of hydrogen-bond donors (Lipinski definition) is 0. The highest BCUT2D eigenvalue weighted by Gasteiger charge is 2.11. The van der Waals surface area contributed by atoms with E-state index in [4.69, 9.17) is 16.0 Å². The topological polar surface area (TPSA) is 30.2 Å². The molecule has 1 heterocycles. The minimum absolute atomic E-state index is 0.0608. The third kappa shape index (κ3) is 2.04. The lowest BCUT2D eigenvalue weighted by Crippen LogP contribution is -2.05. The summed E-state index contributed by atoms with van der Waals surface area (Å²) in [6.07, 6.45) is 1.48. The molecular formula is C16H11ClO2. The van der Waals surface area contributed by atoms with Crippen LogP contribution in [0.3, 0.4) is 0 Å². The SMILES string of the molecule is Cc1ccc2c(=O)c(-c3ccccc3Cl)coc2c1. The Kier molecular flexibility index (Phi) is 2.88. The smallest absolute Gasteiger partial charge is 0.200 e. The van der Waals surface area contributed by atoms with Crippen LogP contribution in [0.2, 0.25) is 5.02 Å². The Balaban J connectivity index is 2.33. The van der Waals surface area contributed by atoms with E-state index < -0.39 is 0 Å². The number of benzene rings is 2. The van der Waals surface area contributed by atoms with Gasteiger partial charge in [0.25, 0.3) is 0 Å². The molecule has 0 saturated carbocycles. The fraction of sp³-hybridized carbons (Fsp3) is 0.0625. The molecule has 0 bridgehead atoms. The van der Waals surface area contributed by atoms with Crippen molar-refractivity contribution in [2.24, 2.45) is 0 Å². The van der Waals surface area contributed by atoms with Gasteiger partial charge in [-0.05, 0) is 30.7 Å². The van der Waals surface area contributed by atoms with Gasteiger partial charge in [0, 0.05) is 10.6 Å². The fourth-order valence-corrected chi connectivity index (χ4v) is 2.34. The average molecular weight is 271 g/mol. The third-order valence-corrected chi connectivity index (χ3v) is 3.42. The lowest BCUT2D eigenvalue weighted by atomic mass is 10.0. The molecule has 0 atom stereocenters. The van der Waals surface area contributed by atoms with E-state index in [2.05, 4.69) is 0 Å². The Hall–Kier alpha value is -2.06. The van der Waals surface area contributed by atoms with E-state index in [9.17, 15) is 4.79 Å². The summed E-state index contributed by atoms with van der Waals surface area (Å²) in [5.74, 6) is 0. The van der Waals surface area contributed by atoms with Gasteiger partial charge in [-0.15, -0.1) is 0 Å². The predicted octanol–water partition coefficient (Wildman–Crippen LogP) is 4.42. The van der Waals surface area contributed by atoms with E-state index >= 15 is 0 Å². The second-order valence-corrected chi connectivity index (χ2v) is 4.87. The van der Waals surface area contributed by atoms with E-state index in [1.807, 2.05) is 37.3 Å². The van der Waals surface area contributed by atoms with Crippen LogP contribution in [-0.4, -0.2) is 0 Å². The zero-order valence-electron chi connectivity index (χ0n) is 10.3. The van der Waals surface area contributed by atoms with Crippen molar-refractivity contribution in [2.75, 3.05) is 0 Å². The quantitative estimate of drug-likeness (QED) is 0.655. The summed E-state index contributed by atoms with van der Waals surface area (Å²) in [6, 6.07) is 12.8. The summed E-state index contributed by atoms with van der Waals surface area (Å²) in [6.45, 7) is 1.96. The van der Waals surface area contributed by atoms with Crippen LogP contribution in [0.15, 0.2) is 57.9 Å². The van der Waals surface area contributed by atoms with Gasteiger partial charge in [-0.25, -0.2) is 0 Å². The van der Waals surface area contributed by atoms with E-state index in [0.29, 0.717) is 27.1 Å². The van der Waals surface area contributed by atoms with Crippen LogP contribution in [0.1, 0.15) is 5.56 Å². The number of rotatable bonds is 1. The van der Waals surface area contributed by atoms with Crippen molar-refractivity contribution in [1.82, 2.24) is 0 Å². The van der Waals surface area contributed by atoms with Gasteiger partial charge < -0.3 is 4.42 Å². The van der Waals surface area contributed by atoms with E-state index in [1.54, 1.807) is 12.1 Å². The maximum absolute atomic E-state index is 12.5. The first-order valence-electron chi connectivity index (χ1n) is 5.94. The molecule has 2 aromatic carbocycles. The number of aryl methyl sites for hydroxylation is 1. The van der Waals surface area contributed by atoms with Gasteiger partial charge in [-0.3, -0.25) is 4.79 Å². The number of fused-ring (bicyclic) bond motifs is 1. The molecule has 2 nitrogen and oxygen atoms in total. The lowest BCUT2D eigenvalue weighted by molar-refractivity contribution is 0.604. The molecule has 0 N–H and O–H groups in total. The van der Waals surface area contributed by atoms with Gasteiger partial charge in [0.2, 0.25) is 5.43 Å². The van der Waals surface area contributed by atoms with Gasteiger partial charge in [0.15, 0.2) is 0 Å². The van der Waals surface area contributed by atoms with Crippen LogP contribution in [0, 0.1) is 6.92 Å². The van der Waals surface area contributed by atoms with Crippen molar-refractivity contribution < 1.29 is 4.42 Å². The predicted molar refractivity (Wildman–Crippen MR) is 77.7 cm³/mol. The molecule has 0 radical (unpaired) electrons. The first-order chi connectivity index (χ1) is 9.16. The molecule has 0 fully saturated rings. The molecule has 0 spiro atoms. The van der Waals surface area contributed by atoms with Gasteiger partial charge in [-0.2, -0.15) is 0 Å².